The van der Waals surface area contributed by atoms with E-state index in [0.717, 1.165) is 22.0 Å². The summed E-state index contributed by atoms with van der Waals surface area (Å²) in [5.41, 5.74) is 0.762. The molecule has 1 fully saturated rings. The van der Waals surface area contributed by atoms with Crippen molar-refractivity contribution in [2.75, 3.05) is 7.05 Å². The molecule has 2 spiro atoms. The Bertz CT molecular complexity index is 790. The van der Waals surface area contributed by atoms with Gasteiger partial charge in [0.15, 0.2) is 5.54 Å². The highest BCUT2D eigenvalue weighted by molar-refractivity contribution is 9.10. The molecule has 3 aliphatic rings. The summed E-state index contributed by atoms with van der Waals surface area (Å²) in [6, 6.07) is 6.03. The number of carbonyl (C=O) groups is 1. The first-order valence-corrected chi connectivity index (χ1v) is 9.65. The molecule has 4 rings (SSSR count). The van der Waals surface area contributed by atoms with Gasteiger partial charge >= 0.3 is 6.61 Å². The van der Waals surface area contributed by atoms with Crippen LogP contribution >= 0.6 is 15.9 Å². The van der Waals surface area contributed by atoms with E-state index in [9.17, 15) is 13.6 Å². The van der Waals surface area contributed by atoms with Crippen molar-refractivity contribution >= 4 is 27.7 Å². The number of hydrogen-bond donors (Lipinski definition) is 0. The summed E-state index contributed by atoms with van der Waals surface area (Å²) in [6.45, 7) is -0.902. The van der Waals surface area contributed by atoms with E-state index in [2.05, 4.69) is 15.9 Å². The lowest BCUT2D eigenvalue weighted by Gasteiger charge is -2.45. The molecule has 140 valence electrons. The van der Waals surface area contributed by atoms with Crippen molar-refractivity contribution in [3.05, 3.63) is 33.8 Å². The molecule has 0 radical (unpaired) electrons. The van der Waals surface area contributed by atoms with Gasteiger partial charge in [-0.15, -0.1) is 0 Å². The number of ether oxygens (including phenoxy) is 1. The number of benzene rings is 1. The van der Waals surface area contributed by atoms with Gasteiger partial charge in [-0.05, 0) is 62.3 Å². The molecular weight excluding hydrogens is 406 g/mol. The van der Waals surface area contributed by atoms with Crippen molar-refractivity contribution in [2.45, 2.75) is 57.3 Å². The SMILES string of the molecule is CC1=NC2(C(=O)N1C)c1cc(Br)ccc1CC21CCC(OC(F)F)CC1. The number of halogens is 3. The van der Waals surface area contributed by atoms with Crippen LogP contribution in [0.2, 0.25) is 0 Å². The summed E-state index contributed by atoms with van der Waals surface area (Å²) < 4.78 is 30.8. The van der Waals surface area contributed by atoms with Crippen LogP contribution in [0.5, 0.6) is 0 Å². The van der Waals surface area contributed by atoms with Crippen LogP contribution in [-0.2, 0) is 21.5 Å². The summed E-state index contributed by atoms with van der Waals surface area (Å²) >= 11 is 3.52. The third kappa shape index (κ3) is 2.39. The van der Waals surface area contributed by atoms with E-state index < -0.39 is 18.3 Å². The Morgan fingerprint density at radius 2 is 2.04 bits per heavy atom. The zero-order valence-corrected chi connectivity index (χ0v) is 16.4. The van der Waals surface area contributed by atoms with Gasteiger partial charge in [0.25, 0.3) is 5.91 Å². The molecule has 1 aromatic rings. The second-order valence-corrected chi connectivity index (χ2v) is 8.50. The highest BCUT2D eigenvalue weighted by Crippen LogP contribution is 2.62. The number of rotatable bonds is 2. The Morgan fingerprint density at radius 3 is 2.62 bits per heavy atom. The average molecular weight is 427 g/mol. The third-order valence-corrected chi connectivity index (χ3v) is 6.87. The van der Waals surface area contributed by atoms with Crippen LogP contribution in [0.3, 0.4) is 0 Å². The lowest BCUT2D eigenvalue weighted by molar-refractivity contribution is -0.178. The van der Waals surface area contributed by atoms with Crippen molar-refractivity contribution in [3.8, 4) is 0 Å². The first-order chi connectivity index (χ1) is 12.3. The maximum absolute atomic E-state index is 13.4. The minimum absolute atomic E-state index is 0.0138. The van der Waals surface area contributed by atoms with E-state index in [-0.39, 0.29) is 11.3 Å². The third-order valence-electron chi connectivity index (χ3n) is 6.37. The highest BCUT2D eigenvalue weighted by atomic mass is 79.9. The summed E-state index contributed by atoms with van der Waals surface area (Å²) in [5, 5.41) is 0. The molecule has 1 aromatic carbocycles. The Hall–Kier alpha value is -1.34. The largest absolute Gasteiger partial charge is 0.345 e. The van der Waals surface area contributed by atoms with E-state index in [1.165, 1.54) is 0 Å². The zero-order valence-electron chi connectivity index (χ0n) is 14.8. The van der Waals surface area contributed by atoms with Crippen molar-refractivity contribution in [1.82, 2.24) is 4.90 Å². The fraction of sp³-hybridized carbons (Fsp3) is 0.579. The van der Waals surface area contributed by atoms with Gasteiger partial charge in [0, 0.05) is 16.9 Å². The molecule has 0 aromatic heterocycles. The quantitative estimate of drug-likeness (QED) is 0.708. The smallest absolute Gasteiger partial charge is 0.320 e. The van der Waals surface area contributed by atoms with E-state index in [0.29, 0.717) is 31.5 Å². The highest BCUT2D eigenvalue weighted by Gasteiger charge is 2.65. The van der Waals surface area contributed by atoms with Crippen LogP contribution < -0.4 is 0 Å². The van der Waals surface area contributed by atoms with Crippen molar-refractivity contribution in [2.24, 2.45) is 10.4 Å². The lowest BCUT2D eigenvalue weighted by atomic mass is 9.61. The molecule has 1 unspecified atom stereocenters. The maximum atomic E-state index is 13.4. The average Bonchev–Trinajstić information content (AvgIpc) is 2.98. The molecule has 0 N–H and O–H groups in total. The van der Waals surface area contributed by atoms with Crippen LogP contribution in [0.25, 0.3) is 0 Å². The Kier molecular flexibility index (Phi) is 4.23. The standard InChI is InChI=1S/C19H21BrF2N2O2/c1-11-23-19(16(25)24(11)2)15-9-13(20)4-3-12(15)10-18(19)7-5-14(6-8-18)26-17(21)22/h3-4,9,14,17H,5-8,10H2,1-2H3. The number of alkyl halides is 2. The van der Waals surface area contributed by atoms with Crippen LogP contribution in [0.4, 0.5) is 8.78 Å². The van der Waals surface area contributed by atoms with Crippen LogP contribution in [0.15, 0.2) is 27.7 Å². The molecule has 2 aliphatic carbocycles. The van der Waals surface area contributed by atoms with Gasteiger partial charge in [-0.2, -0.15) is 8.78 Å². The number of nitrogens with zero attached hydrogens (tertiary/aromatic N) is 2. The van der Waals surface area contributed by atoms with Gasteiger partial charge in [-0.25, -0.2) is 0 Å². The van der Waals surface area contributed by atoms with Crippen LogP contribution in [-0.4, -0.2) is 36.4 Å². The van der Waals surface area contributed by atoms with E-state index in [1.807, 2.05) is 25.1 Å². The summed E-state index contributed by atoms with van der Waals surface area (Å²) in [6.07, 6.45) is 2.63. The number of amides is 1. The first-order valence-electron chi connectivity index (χ1n) is 8.86. The minimum atomic E-state index is -2.75. The monoisotopic (exact) mass is 426 g/mol. The summed E-state index contributed by atoms with van der Waals surface area (Å²) in [4.78, 5) is 19.9. The second-order valence-electron chi connectivity index (χ2n) is 7.59. The summed E-state index contributed by atoms with van der Waals surface area (Å²) in [5.74, 6) is 0.688. The molecule has 26 heavy (non-hydrogen) atoms. The van der Waals surface area contributed by atoms with Gasteiger partial charge in [-0.3, -0.25) is 9.79 Å². The van der Waals surface area contributed by atoms with Crippen molar-refractivity contribution in [3.63, 3.8) is 0 Å². The van der Waals surface area contributed by atoms with Crippen LogP contribution in [0.1, 0.15) is 43.7 Å². The van der Waals surface area contributed by atoms with Gasteiger partial charge in [0.1, 0.15) is 5.84 Å². The van der Waals surface area contributed by atoms with Gasteiger partial charge in [-0.1, -0.05) is 22.0 Å². The first kappa shape index (κ1) is 18.0. The minimum Gasteiger partial charge on any atom is -0.320 e. The van der Waals surface area contributed by atoms with Gasteiger partial charge < -0.3 is 9.64 Å². The number of aliphatic imine (C=N–C) groups is 1. The zero-order chi connectivity index (χ0) is 18.7. The number of hydrogen-bond acceptors (Lipinski definition) is 3. The lowest BCUT2D eigenvalue weighted by Crippen LogP contribution is -2.51. The molecule has 1 heterocycles. The van der Waals surface area contributed by atoms with Gasteiger partial charge in [0.2, 0.25) is 0 Å². The predicted molar refractivity (Wildman–Crippen MR) is 97.2 cm³/mol. The normalized spacial score (nSPS) is 33.5. The van der Waals surface area contributed by atoms with Crippen molar-refractivity contribution < 1.29 is 18.3 Å². The van der Waals surface area contributed by atoms with E-state index in [4.69, 9.17) is 9.73 Å². The predicted octanol–water partition coefficient (Wildman–Crippen LogP) is 4.26. The van der Waals surface area contributed by atoms with Crippen LogP contribution in [0, 0.1) is 5.41 Å². The number of likely N-dealkylation sites (N-methyl/N-ethyl adjacent to an activating group) is 1. The molecule has 4 nitrogen and oxygen atoms in total. The van der Waals surface area contributed by atoms with Gasteiger partial charge in [0.05, 0.1) is 6.10 Å². The van der Waals surface area contributed by atoms with E-state index >= 15 is 0 Å². The molecule has 1 aliphatic heterocycles. The molecular formula is C19H21BrF2N2O2. The molecule has 0 saturated heterocycles. The molecule has 1 atom stereocenters. The Labute approximate surface area is 159 Å². The molecule has 7 heteroatoms. The topological polar surface area (TPSA) is 41.9 Å². The molecule has 1 saturated carbocycles. The number of fused-ring (bicyclic) bond motifs is 3. The summed E-state index contributed by atoms with van der Waals surface area (Å²) in [7, 11) is 1.76. The maximum Gasteiger partial charge on any atom is 0.345 e. The second kappa shape index (κ2) is 6.09. The molecule has 0 bridgehead atoms. The fourth-order valence-electron chi connectivity index (χ4n) is 5.06. The van der Waals surface area contributed by atoms with E-state index in [1.54, 1.807) is 11.9 Å². The number of amidine groups is 1. The van der Waals surface area contributed by atoms with Crippen molar-refractivity contribution in [1.29, 1.82) is 0 Å². The Morgan fingerprint density at radius 1 is 1.35 bits per heavy atom. The number of carbonyl (C=O) groups excluding carboxylic acids is 1. The molecule has 1 amide bonds. The fourth-order valence-corrected chi connectivity index (χ4v) is 5.42. The Balaban J connectivity index is 1.78.